The molecule has 0 saturated carbocycles. The monoisotopic (exact) mass is 259 g/mol. The minimum Gasteiger partial charge on any atom is -0.469 e. The first-order valence-corrected chi connectivity index (χ1v) is 6.65. The van der Waals surface area contributed by atoms with E-state index >= 15 is 0 Å². The van der Waals surface area contributed by atoms with Crippen molar-refractivity contribution < 1.29 is 19.0 Å². The highest BCUT2D eigenvalue weighted by molar-refractivity contribution is 5.69. The normalized spacial score (nSPS) is 20.9. The molecule has 1 atom stereocenters. The van der Waals surface area contributed by atoms with Crippen LogP contribution in [0.15, 0.2) is 0 Å². The lowest BCUT2D eigenvalue weighted by atomic mass is 9.99. The molecule has 18 heavy (non-hydrogen) atoms. The molecule has 0 aromatic carbocycles. The molecule has 0 N–H and O–H groups in total. The van der Waals surface area contributed by atoms with Crippen LogP contribution >= 0.6 is 0 Å². The molecule has 0 aromatic heterocycles. The van der Waals surface area contributed by atoms with Crippen molar-refractivity contribution in [2.45, 2.75) is 31.7 Å². The Morgan fingerprint density at radius 3 is 2.78 bits per heavy atom. The van der Waals surface area contributed by atoms with E-state index in [9.17, 15) is 4.79 Å². The van der Waals surface area contributed by atoms with Crippen LogP contribution in [0.2, 0.25) is 0 Å². The van der Waals surface area contributed by atoms with Crippen LogP contribution in [0.1, 0.15) is 25.7 Å². The average molecular weight is 259 g/mol. The molecule has 1 aliphatic rings. The Balaban J connectivity index is 2.24. The van der Waals surface area contributed by atoms with Gasteiger partial charge in [0, 0.05) is 19.7 Å². The highest BCUT2D eigenvalue weighted by Crippen LogP contribution is 2.19. The van der Waals surface area contributed by atoms with Crippen LogP contribution < -0.4 is 0 Å². The third kappa shape index (κ3) is 5.80. The molecule has 0 radical (unpaired) electrons. The van der Waals surface area contributed by atoms with E-state index in [1.165, 1.54) is 20.0 Å². The summed E-state index contributed by atoms with van der Waals surface area (Å²) in [6.07, 6.45) is 3.97. The van der Waals surface area contributed by atoms with Crippen molar-refractivity contribution in [2.75, 3.05) is 47.1 Å². The van der Waals surface area contributed by atoms with Crippen LogP contribution in [0.4, 0.5) is 0 Å². The molecule has 1 heterocycles. The first-order valence-electron chi connectivity index (χ1n) is 6.65. The second-order valence-electron chi connectivity index (χ2n) is 4.57. The molecule has 5 nitrogen and oxygen atoms in total. The van der Waals surface area contributed by atoms with Gasteiger partial charge in [-0.15, -0.1) is 0 Å². The SMILES string of the molecule is COCCOCCN1CCCCC1CC(=O)OC. The first-order chi connectivity index (χ1) is 8.77. The Morgan fingerprint density at radius 1 is 1.22 bits per heavy atom. The molecule has 0 bridgehead atoms. The van der Waals surface area contributed by atoms with Crippen molar-refractivity contribution in [1.29, 1.82) is 0 Å². The van der Waals surface area contributed by atoms with E-state index in [0.717, 1.165) is 19.5 Å². The minimum absolute atomic E-state index is 0.118. The summed E-state index contributed by atoms with van der Waals surface area (Å²) >= 11 is 0. The molecule has 1 aliphatic heterocycles. The zero-order valence-electron chi connectivity index (χ0n) is 11.5. The molecule has 0 amide bonds. The first kappa shape index (κ1) is 15.4. The predicted octanol–water partition coefficient (Wildman–Crippen LogP) is 1.07. The molecule has 1 saturated heterocycles. The minimum atomic E-state index is -0.118. The number of hydrogen-bond acceptors (Lipinski definition) is 5. The standard InChI is InChI=1S/C13H25NO4/c1-16-9-10-18-8-7-14-6-4-3-5-12(14)11-13(15)17-2/h12H,3-11H2,1-2H3. The van der Waals surface area contributed by atoms with Gasteiger partial charge in [0.05, 0.1) is 33.4 Å². The summed E-state index contributed by atoms with van der Waals surface area (Å²) in [6.45, 7) is 3.89. The predicted molar refractivity (Wildman–Crippen MR) is 68.5 cm³/mol. The Labute approximate surface area is 109 Å². The number of esters is 1. The van der Waals surface area contributed by atoms with Crippen LogP contribution in [0, 0.1) is 0 Å². The molecule has 5 heteroatoms. The second-order valence-corrected chi connectivity index (χ2v) is 4.57. The van der Waals surface area contributed by atoms with Gasteiger partial charge >= 0.3 is 5.97 Å². The number of methoxy groups -OCH3 is 2. The summed E-state index contributed by atoms with van der Waals surface area (Å²) in [5, 5.41) is 0. The van der Waals surface area contributed by atoms with Crippen molar-refractivity contribution in [1.82, 2.24) is 4.90 Å². The van der Waals surface area contributed by atoms with Gasteiger partial charge in [0.25, 0.3) is 0 Å². The molecule has 0 aliphatic carbocycles. The molecule has 0 aromatic rings. The van der Waals surface area contributed by atoms with E-state index < -0.39 is 0 Å². The molecule has 1 unspecified atom stereocenters. The van der Waals surface area contributed by atoms with E-state index in [4.69, 9.17) is 14.2 Å². The van der Waals surface area contributed by atoms with Gasteiger partial charge in [-0.2, -0.15) is 0 Å². The van der Waals surface area contributed by atoms with Crippen LogP contribution in [0.5, 0.6) is 0 Å². The Morgan fingerprint density at radius 2 is 2.06 bits per heavy atom. The molecule has 1 fully saturated rings. The van der Waals surface area contributed by atoms with Crippen molar-refractivity contribution >= 4 is 5.97 Å². The maximum absolute atomic E-state index is 11.3. The average Bonchev–Trinajstić information content (AvgIpc) is 2.40. The fraction of sp³-hybridized carbons (Fsp3) is 0.923. The van der Waals surface area contributed by atoms with Crippen molar-refractivity contribution in [2.24, 2.45) is 0 Å². The van der Waals surface area contributed by atoms with Crippen LogP contribution in [-0.4, -0.2) is 64.0 Å². The fourth-order valence-electron chi connectivity index (χ4n) is 2.29. The number of piperidine rings is 1. The maximum Gasteiger partial charge on any atom is 0.307 e. The van der Waals surface area contributed by atoms with Gasteiger partial charge in [0.15, 0.2) is 0 Å². The smallest absolute Gasteiger partial charge is 0.307 e. The molecular formula is C13H25NO4. The lowest BCUT2D eigenvalue weighted by Crippen LogP contribution is -2.42. The Kier molecular flexibility index (Phi) is 7.96. The largest absolute Gasteiger partial charge is 0.469 e. The molecular weight excluding hydrogens is 234 g/mol. The zero-order chi connectivity index (χ0) is 13.2. The summed E-state index contributed by atoms with van der Waals surface area (Å²) in [5.41, 5.74) is 0. The molecule has 0 spiro atoms. The van der Waals surface area contributed by atoms with Gasteiger partial charge in [-0.25, -0.2) is 0 Å². The number of rotatable bonds is 8. The summed E-state index contributed by atoms with van der Waals surface area (Å²) < 4.78 is 15.1. The Bertz CT molecular complexity index is 235. The fourth-order valence-corrected chi connectivity index (χ4v) is 2.29. The number of carbonyl (C=O) groups excluding carboxylic acids is 1. The van der Waals surface area contributed by atoms with Crippen LogP contribution in [-0.2, 0) is 19.0 Å². The van der Waals surface area contributed by atoms with Gasteiger partial charge in [0.2, 0.25) is 0 Å². The lowest BCUT2D eigenvalue weighted by Gasteiger charge is -2.34. The second kappa shape index (κ2) is 9.30. The third-order valence-electron chi connectivity index (χ3n) is 3.33. The topological polar surface area (TPSA) is 48.0 Å². The van der Waals surface area contributed by atoms with Crippen molar-refractivity contribution in [3.63, 3.8) is 0 Å². The van der Waals surface area contributed by atoms with E-state index in [-0.39, 0.29) is 5.97 Å². The molecule has 106 valence electrons. The van der Waals surface area contributed by atoms with E-state index in [0.29, 0.717) is 32.3 Å². The highest BCUT2D eigenvalue weighted by Gasteiger charge is 2.24. The van der Waals surface area contributed by atoms with Crippen LogP contribution in [0.3, 0.4) is 0 Å². The lowest BCUT2D eigenvalue weighted by molar-refractivity contribution is -0.142. The maximum atomic E-state index is 11.3. The summed E-state index contributed by atoms with van der Waals surface area (Å²) in [7, 11) is 3.11. The number of hydrogen-bond donors (Lipinski definition) is 0. The van der Waals surface area contributed by atoms with E-state index in [1.54, 1.807) is 7.11 Å². The summed E-state index contributed by atoms with van der Waals surface area (Å²) in [4.78, 5) is 13.7. The van der Waals surface area contributed by atoms with Crippen LogP contribution in [0.25, 0.3) is 0 Å². The van der Waals surface area contributed by atoms with Gasteiger partial charge in [0.1, 0.15) is 0 Å². The number of likely N-dealkylation sites (tertiary alicyclic amines) is 1. The zero-order valence-corrected chi connectivity index (χ0v) is 11.5. The Hall–Kier alpha value is -0.650. The van der Waals surface area contributed by atoms with Gasteiger partial charge in [-0.3, -0.25) is 9.69 Å². The van der Waals surface area contributed by atoms with Crippen molar-refractivity contribution in [3.8, 4) is 0 Å². The summed E-state index contributed by atoms with van der Waals surface area (Å²) in [6, 6.07) is 0.317. The highest BCUT2D eigenvalue weighted by atomic mass is 16.5. The van der Waals surface area contributed by atoms with E-state index in [2.05, 4.69) is 4.90 Å². The van der Waals surface area contributed by atoms with Gasteiger partial charge in [-0.05, 0) is 19.4 Å². The number of nitrogens with zero attached hydrogens (tertiary/aromatic N) is 1. The molecule has 1 rings (SSSR count). The van der Waals surface area contributed by atoms with Crippen molar-refractivity contribution in [3.05, 3.63) is 0 Å². The summed E-state index contributed by atoms with van der Waals surface area (Å²) in [5.74, 6) is -0.118. The number of carbonyl (C=O) groups is 1. The third-order valence-corrected chi connectivity index (χ3v) is 3.33. The van der Waals surface area contributed by atoms with Gasteiger partial charge < -0.3 is 14.2 Å². The quantitative estimate of drug-likeness (QED) is 0.482. The number of ether oxygens (including phenoxy) is 3. The van der Waals surface area contributed by atoms with E-state index in [1.807, 2.05) is 0 Å². The van der Waals surface area contributed by atoms with Gasteiger partial charge in [-0.1, -0.05) is 6.42 Å².